The molecule has 21 heavy (non-hydrogen) atoms. The van der Waals surface area contributed by atoms with Gasteiger partial charge in [-0.2, -0.15) is 4.98 Å². The van der Waals surface area contributed by atoms with Gasteiger partial charge in [0.25, 0.3) is 5.89 Å². The van der Waals surface area contributed by atoms with Gasteiger partial charge in [-0.1, -0.05) is 5.16 Å². The van der Waals surface area contributed by atoms with Gasteiger partial charge in [0, 0.05) is 18.1 Å². The van der Waals surface area contributed by atoms with Crippen LogP contribution in [-0.2, 0) is 0 Å². The maximum Gasteiger partial charge on any atom is 0.260 e. The van der Waals surface area contributed by atoms with E-state index < -0.39 is 0 Å². The Morgan fingerprint density at radius 3 is 2.62 bits per heavy atom. The molecule has 2 aromatic heterocycles. The van der Waals surface area contributed by atoms with E-state index in [1.54, 1.807) is 37.7 Å². The summed E-state index contributed by atoms with van der Waals surface area (Å²) < 4.78 is 10.4. The molecule has 0 aliphatic carbocycles. The lowest BCUT2D eigenvalue weighted by Gasteiger charge is -2.03. The number of methoxy groups -OCH3 is 1. The molecule has 2 N–H and O–H groups in total. The first-order valence-corrected chi connectivity index (χ1v) is 6.24. The Balaban J connectivity index is 2.00. The highest BCUT2D eigenvalue weighted by atomic mass is 16.5. The number of benzene rings is 1. The molecule has 7 heteroatoms. The van der Waals surface area contributed by atoms with Crippen molar-refractivity contribution in [2.45, 2.75) is 6.92 Å². The van der Waals surface area contributed by atoms with Gasteiger partial charge in [-0.15, -0.1) is 0 Å². The number of aryl methyl sites for hydroxylation is 1. The summed E-state index contributed by atoms with van der Waals surface area (Å²) in [6.45, 7) is 1.91. The molecule has 2 heterocycles. The number of hydrogen-bond donors (Lipinski definition) is 1. The number of ether oxygens (including phenoxy) is 1. The Hall–Kier alpha value is -2.96. The molecule has 0 saturated heterocycles. The molecule has 1 aromatic carbocycles. The van der Waals surface area contributed by atoms with Gasteiger partial charge < -0.3 is 15.0 Å². The maximum absolute atomic E-state index is 5.93. The largest absolute Gasteiger partial charge is 0.497 e. The molecule has 0 unspecified atom stereocenters. The van der Waals surface area contributed by atoms with Crippen molar-refractivity contribution in [3.05, 3.63) is 36.2 Å². The summed E-state index contributed by atoms with van der Waals surface area (Å²) in [4.78, 5) is 12.6. The highest BCUT2D eigenvalue weighted by Gasteiger charge is 2.15. The van der Waals surface area contributed by atoms with Crippen LogP contribution >= 0.6 is 0 Å². The summed E-state index contributed by atoms with van der Waals surface area (Å²) in [5, 5.41) is 3.88. The topological polar surface area (TPSA) is 100.0 Å². The summed E-state index contributed by atoms with van der Waals surface area (Å²) in [6, 6.07) is 5.22. The summed E-state index contributed by atoms with van der Waals surface area (Å²) in [5.74, 6) is 1.67. The molecular formula is C14H13N5O2. The molecule has 3 rings (SSSR count). The van der Waals surface area contributed by atoms with E-state index in [-0.39, 0.29) is 0 Å². The fraction of sp³-hybridized carbons (Fsp3) is 0.143. The minimum Gasteiger partial charge on any atom is -0.497 e. The molecule has 0 atom stereocenters. The normalized spacial score (nSPS) is 10.6. The molecule has 3 aromatic rings. The van der Waals surface area contributed by atoms with Gasteiger partial charge in [0.1, 0.15) is 5.75 Å². The Morgan fingerprint density at radius 2 is 1.90 bits per heavy atom. The maximum atomic E-state index is 5.93. The van der Waals surface area contributed by atoms with Crippen LogP contribution in [0.5, 0.6) is 5.75 Å². The van der Waals surface area contributed by atoms with Crippen molar-refractivity contribution >= 4 is 5.69 Å². The first-order chi connectivity index (χ1) is 10.2. The summed E-state index contributed by atoms with van der Waals surface area (Å²) in [5.41, 5.74) is 8.02. The predicted octanol–water partition coefficient (Wildman–Crippen LogP) is 2.09. The molecule has 106 valence electrons. The van der Waals surface area contributed by atoms with E-state index in [1.807, 2.05) is 6.92 Å². The molecule has 0 fully saturated rings. The fourth-order valence-electron chi connectivity index (χ4n) is 1.78. The van der Waals surface area contributed by atoms with Gasteiger partial charge in [0.15, 0.2) is 0 Å². The lowest BCUT2D eigenvalue weighted by atomic mass is 10.1. The van der Waals surface area contributed by atoms with Crippen molar-refractivity contribution < 1.29 is 9.26 Å². The number of rotatable bonds is 3. The van der Waals surface area contributed by atoms with Crippen LogP contribution in [0.15, 0.2) is 35.1 Å². The molecule has 0 amide bonds. The van der Waals surface area contributed by atoms with E-state index in [0.717, 1.165) is 5.56 Å². The standard InChI is InChI=1S/C14H13N5O2/c1-8-6-16-12(17-7-8)13-18-14(21-19-13)10-5-9(20-2)3-4-11(10)15/h3-7H,15H2,1-2H3. The average molecular weight is 283 g/mol. The quantitative estimate of drug-likeness (QED) is 0.734. The number of aromatic nitrogens is 4. The van der Waals surface area contributed by atoms with Gasteiger partial charge in [-0.05, 0) is 30.7 Å². The average Bonchev–Trinajstić information content (AvgIpc) is 2.98. The molecule has 0 spiro atoms. The molecule has 0 aliphatic rings. The van der Waals surface area contributed by atoms with E-state index in [4.69, 9.17) is 15.0 Å². The summed E-state index contributed by atoms with van der Waals surface area (Å²) in [7, 11) is 1.58. The highest BCUT2D eigenvalue weighted by Crippen LogP contribution is 2.29. The molecule has 0 bridgehead atoms. The van der Waals surface area contributed by atoms with E-state index in [9.17, 15) is 0 Å². The number of nitrogens with zero attached hydrogens (tertiary/aromatic N) is 4. The summed E-state index contributed by atoms with van der Waals surface area (Å²) >= 11 is 0. The molecule has 0 aliphatic heterocycles. The van der Waals surface area contributed by atoms with Crippen molar-refractivity contribution in [3.8, 4) is 28.9 Å². The van der Waals surface area contributed by atoms with Crippen LogP contribution < -0.4 is 10.5 Å². The minimum atomic E-state index is 0.297. The Morgan fingerprint density at radius 1 is 1.14 bits per heavy atom. The van der Waals surface area contributed by atoms with Crippen molar-refractivity contribution in [1.82, 2.24) is 20.1 Å². The molecule has 0 radical (unpaired) electrons. The SMILES string of the molecule is COc1ccc(N)c(-c2nc(-c3ncc(C)cn3)no2)c1. The van der Waals surface area contributed by atoms with E-state index in [2.05, 4.69) is 20.1 Å². The number of nitrogen functional groups attached to an aromatic ring is 1. The van der Waals surface area contributed by atoms with Gasteiger partial charge >= 0.3 is 0 Å². The second-order valence-corrected chi connectivity index (χ2v) is 4.46. The molecule has 0 saturated carbocycles. The number of nitrogens with two attached hydrogens (primary N) is 1. The third-order valence-corrected chi connectivity index (χ3v) is 2.90. The van der Waals surface area contributed by atoms with Crippen LogP contribution in [0.3, 0.4) is 0 Å². The van der Waals surface area contributed by atoms with E-state index in [1.165, 1.54) is 0 Å². The van der Waals surface area contributed by atoms with Gasteiger partial charge in [0.2, 0.25) is 11.6 Å². The Kier molecular flexibility index (Phi) is 3.23. The smallest absolute Gasteiger partial charge is 0.260 e. The third-order valence-electron chi connectivity index (χ3n) is 2.90. The lowest BCUT2D eigenvalue weighted by molar-refractivity contribution is 0.413. The first-order valence-electron chi connectivity index (χ1n) is 6.24. The van der Waals surface area contributed by atoms with Gasteiger partial charge in [0.05, 0.1) is 12.7 Å². The van der Waals surface area contributed by atoms with E-state index >= 15 is 0 Å². The van der Waals surface area contributed by atoms with Crippen LogP contribution in [0.25, 0.3) is 23.1 Å². The fourth-order valence-corrected chi connectivity index (χ4v) is 1.78. The highest BCUT2D eigenvalue weighted by molar-refractivity contribution is 5.72. The first kappa shape index (κ1) is 13.0. The van der Waals surface area contributed by atoms with Crippen molar-refractivity contribution in [2.24, 2.45) is 0 Å². The third kappa shape index (κ3) is 2.53. The molecule has 7 nitrogen and oxygen atoms in total. The lowest BCUT2D eigenvalue weighted by Crippen LogP contribution is -1.93. The zero-order chi connectivity index (χ0) is 14.8. The van der Waals surface area contributed by atoms with Crippen molar-refractivity contribution in [1.29, 1.82) is 0 Å². The minimum absolute atomic E-state index is 0.297. The van der Waals surface area contributed by atoms with Gasteiger partial charge in [-0.25, -0.2) is 9.97 Å². The van der Waals surface area contributed by atoms with Gasteiger partial charge in [-0.3, -0.25) is 0 Å². The van der Waals surface area contributed by atoms with Crippen LogP contribution in [0.2, 0.25) is 0 Å². The number of hydrogen-bond acceptors (Lipinski definition) is 7. The second-order valence-electron chi connectivity index (χ2n) is 4.46. The predicted molar refractivity (Wildman–Crippen MR) is 76.5 cm³/mol. The van der Waals surface area contributed by atoms with Crippen molar-refractivity contribution in [2.75, 3.05) is 12.8 Å². The van der Waals surface area contributed by atoms with Crippen molar-refractivity contribution in [3.63, 3.8) is 0 Å². The van der Waals surface area contributed by atoms with E-state index in [0.29, 0.717) is 34.5 Å². The Bertz CT molecular complexity index is 767. The van der Waals surface area contributed by atoms with Crippen LogP contribution in [-0.4, -0.2) is 27.2 Å². The monoisotopic (exact) mass is 283 g/mol. The molecular weight excluding hydrogens is 270 g/mol. The van der Waals surface area contributed by atoms with Crippen LogP contribution in [0.4, 0.5) is 5.69 Å². The van der Waals surface area contributed by atoms with Crippen LogP contribution in [0.1, 0.15) is 5.56 Å². The summed E-state index contributed by atoms with van der Waals surface area (Å²) in [6.07, 6.45) is 3.39. The zero-order valence-corrected chi connectivity index (χ0v) is 11.6. The second kappa shape index (κ2) is 5.20. The number of anilines is 1. The Labute approximate surface area is 120 Å². The zero-order valence-electron chi connectivity index (χ0n) is 11.6. The van der Waals surface area contributed by atoms with Crippen LogP contribution in [0, 0.1) is 6.92 Å².